The monoisotopic (exact) mass is 260 g/mol. The molecule has 0 fully saturated rings. The third-order valence-corrected chi connectivity index (χ3v) is 3.81. The zero-order valence-corrected chi connectivity index (χ0v) is 10.5. The van der Waals surface area contributed by atoms with E-state index in [2.05, 4.69) is 6.58 Å². The molecule has 0 saturated heterocycles. The number of carbonyl (C=O) groups is 1. The smallest absolute Gasteiger partial charge is 0.344 e. The predicted molar refractivity (Wildman–Crippen MR) is 58.5 cm³/mol. The van der Waals surface area contributed by atoms with E-state index in [4.69, 9.17) is 38.0 Å². The van der Waals surface area contributed by atoms with Crippen molar-refractivity contribution in [2.75, 3.05) is 6.61 Å². The first-order valence-electron chi connectivity index (χ1n) is 3.78. The van der Waals surface area contributed by atoms with Gasteiger partial charge in [-0.05, 0) is 6.42 Å². The van der Waals surface area contributed by atoms with Crippen molar-refractivity contribution in [3.05, 3.63) is 12.2 Å². The number of halogens is 3. The quantitative estimate of drug-likeness (QED) is 0.329. The first kappa shape index (κ1) is 13.3. The highest BCUT2D eigenvalue weighted by atomic mass is 35.8. The van der Waals surface area contributed by atoms with Crippen LogP contribution in [-0.4, -0.2) is 18.6 Å². The van der Waals surface area contributed by atoms with Gasteiger partial charge in [0.1, 0.15) is 0 Å². The largest absolute Gasteiger partial charge is 0.463 e. The Hall–Kier alpha value is 0.297. The van der Waals surface area contributed by atoms with Crippen LogP contribution in [0.3, 0.4) is 0 Å². The Bertz CT molecular complexity index is 200. The minimum absolute atomic E-state index is 0.153. The lowest BCUT2D eigenvalue weighted by Gasteiger charge is -2.08. The summed E-state index contributed by atoms with van der Waals surface area (Å²) in [6.45, 7) is 5.51. The Kier molecular flexibility index (Phi) is 6.04. The van der Waals surface area contributed by atoms with Crippen molar-refractivity contribution in [3.63, 3.8) is 0 Å². The third-order valence-electron chi connectivity index (χ3n) is 1.33. The topological polar surface area (TPSA) is 26.3 Å². The van der Waals surface area contributed by atoms with Crippen molar-refractivity contribution in [3.8, 4) is 0 Å². The fourth-order valence-electron chi connectivity index (χ4n) is 0.506. The molecule has 0 amide bonds. The number of ether oxygens (including phenoxy) is 1. The van der Waals surface area contributed by atoms with Crippen molar-refractivity contribution in [2.24, 2.45) is 0 Å². The van der Waals surface area contributed by atoms with Crippen LogP contribution in [0.25, 0.3) is 0 Å². The van der Waals surface area contributed by atoms with Gasteiger partial charge in [-0.25, -0.2) is 4.79 Å². The van der Waals surface area contributed by atoms with E-state index in [0.29, 0.717) is 18.0 Å². The maximum absolute atomic E-state index is 11.0. The van der Waals surface area contributed by atoms with E-state index in [0.717, 1.165) is 0 Å². The molecule has 0 atom stereocenters. The summed E-state index contributed by atoms with van der Waals surface area (Å²) < 4.78 is 4.81. The molecule has 0 aliphatic heterocycles. The Labute approximate surface area is 92.9 Å². The Morgan fingerprint density at radius 3 is 2.38 bits per heavy atom. The van der Waals surface area contributed by atoms with Crippen LogP contribution < -0.4 is 0 Å². The second kappa shape index (κ2) is 5.91. The summed E-state index contributed by atoms with van der Waals surface area (Å²) in [6.07, 6.45) is 0.573. The average molecular weight is 262 g/mol. The molecule has 0 rings (SSSR count). The summed E-state index contributed by atoms with van der Waals surface area (Å²) in [5, 5.41) is 0. The number of carbonyl (C=O) groups excluding carboxylic acids is 1. The Balaban J connectivity index is 3.66. The zero-order chi connectivity index (χ0) is 10.5. The highest BCUT2D eigenvalue weighted by molar-refractivity contribution is 7.64. The first-order valence-corrected chi connectivity index (χ1v) is 9.02. The van der Waals surface area contributed by atoms with Crippen LogP contribution in [0.15, 0.2) is 12.2 Å². The van der Waals surface area contributed by atoms with Gasteiger partial charge in [-0.2, -0.15) is 0 Å². The molecule has 6 heteroatoms. The molecule has 0 bridgehead atoms. The van der Waals surface area contributed by atoms with Crippen molar-refractivity contribution in [1.29, 1.82) is 0 Å². The van der Waals surface area contributed by atoms with Gasteiger partial charge < -0.3 is 4.74 Å². The zero-order valence-electron chi connectivity index (χ0n) is 7.28. The van der Waals surface area contributed by atoms with Gasteiger partial charge in [0, 0.05) is 11.6 Å². The second-order valence-electron chi connectivity index (χ2n) is 2.46. The summed E-state index contributed by atoms with van der Waals surface area (Å²) in [7, 11) is 0. The maximum atomic E-state index is 11.0. The van der Waals surface area contributed by atoms with Crippen molar-refractivity contribution >= 4 is 45.2 Å². The molecule has 0 aliphatic carbocycles. The maximum Gasteiger partial charge on any atom is 0.344 e. The van der Waals surface area contributed by atoms with Crippen LogP contribution in [0.1, 0.15) is 13.3 Å². The van der Waals surface area contributed by atoms with Crippen LogP contribution in [0, 0.1) is 0 Å². The van der Waals surface area contributed by atoms with Gasteiger partial charge in [0.15, 0.2) is 0 Å². The van der Waals surface area contributed by atoms with Gasteiger partial charge in [0.2, 0.25) is 0 Å². The van der Waals surface area contributed by atoms with Gasteiger partial charge >= 0.3 is 12.0 Å². The van der Waals surface area contributed by atoms with Crippen LogP contribution in [0.2, 0.25) is 6.04 Å². The van der Waals surface area contributed by atoms with E-state index in [1.54, 1.807) is 0 Å². The summed E-state index contributed by atoms with van der Waals surface area (Å²) in [5.41, 5.74) is 0.436. The molecular weight excluding hydrogens is 251 g/mol. The first-order chi connectivity index (χ1) is 5.87. The lowest BCUT2D eigenvalue weighted by molar-refractivity contribution is -0.138. The van der Waals surface area contributed by atoms with Gasteiger partial charge in [-0.3, -0.25) is 0 Å². The lowest BCUT2D eigenvalue weighted by atomic mass is 10.2. The standard InChI is InChI=1S/C7H11Cl3O2Si/c1-3-6(2)7(11)12-4-5-13(8,9)10/h2-5H2,1H3. The molecule has 76 valence electrons. The van der Waals surface area contributed by atoms with Crippen LogP contribution in [-0.2, 0) is 9.53 Å². The highest BCUT2D eigenvalue weighted by Crippen LogP contribution is 2.24. The Morgan fingerprint density at radius 2 is 2.00 bits per heavy atom. The number of rotatable bonds is 5. The highest BCUT2D eigenvalue weighted by Gasteiger charge is 2.25. The number of esters is 1. The molecule has 0 aromatic carbocycles. The molecule has 0 spiro atoms. The van der Waals surface area contributed by atoms with E-state index in [9.17, 15) is 4.79 Å². The van der Waals surface area contributed by atoms with E-state index < -0.39 is 12.0 Å². The summed E-state index contributed by atoms with van der Waals surface area (Å²) in [5.74, 6) is -0.411. The molecule has 0 aromatic rings. The minimum atomic E-state index is -2.66. The summed E-state index contributed by atoms with van der Waals surface area (Å²) >= 11 is 16.8. The van der Waals surface area contributed by atoms with Crippen LogP contribution >= 0.6 is 33.2 Å². The molecular formula is C7H11Cl3O2Si. The van der Waals surface area contributed by atoms with Crippen molar-refractivity contribution in [1.82, 2.24) is 0 Å². The second-order valence-corrected chi connectivity index (χ2v) is 11.7. The SMILES string of the molecule is C=C(CC)C(=O)OCC[Si](Cl)(Cl)Cl. The number of hydrogen-bond acceptors (Lipinski definition) is 2. The van der Waals surface area contributed by atoms with E-state index in [-0.39, 0.29) is 6.61 Å². The fraction of sp³-hybridized carbons (Fsp3) is 0.571. The summed E-state index contributed by atoms with van der Waals surface area (Å²) in [6, 6.07) is -2.34. The average Bonchev–Trinajstić information content (AvgIpc) is 2.00. The van der Waals surface area contributed by atoms with Crippen molar-refractivity contribution < 1.29 is 9.53 Å². The van der Waals surface area contributed by atoms with E-state index in [1.807, 2.05) is 6.92 Å². The van der Waals surface area contributed by atoms with Gasteiger partial charge in [0.25, 0.3) is 0 Å². The van der Waals surface area contributed by atoms with Gasteiger partial charge in [-0.1, -0.05) is 13.5 Å². The van der Waals surface area contributed by atoms with E-state index >= 15 is 0 Å². The molecule has 0 saturated carbocycles. The minimum Gasteiger partial charge on any atom is -0.463 e. The predicted octanol–water partition coefficient (Wildman–Crippen LogP) is 3.15. The Morgan fingerprint density at radius 1 is 1.46 bits per heavy atom. The lowest BCUT2D eigenvalue weighted by Crippen LogP contribution is -2.15. The summed E-state index contributed by atoms with van der Waals surface area (Å²) in [4.78, 5) is 11.0. The van der Waals surface area contributed by atoms with E-state index in [1.165, 1.54) is 0 Å². The van der Waals surface area contributed by atoms with Crippen LogP contribution in [0.4, 0.5) is 0 Å². The molecule has 0 aliphatic rings. The third kappa shape index (κ3) is 7.37. The van der Waals surface area contributed by atoms with Gasteiger partial charge in [0.05, 0.1) is 6.61 Å². The molecule has 13 heavy (non-hydrogen) atoms. The number of hydrogen-bond donors (Lipinski definition) is 0. The molecule has 0 N–H and O–H groups in total. The fourth-order valence-corrected chi connectivity index (χ4v) is 1.53. The van der Waals surface area contributed by atoms with Crippen molar-refractivity contribution in [2.45, 2.75) is 19.4 Å². The van der Waals surface area contributed by atoms with Gasteiger partial charge in [-0.15, -0.1) is 33.2 Å². The molecule has 0 radical (unpaired) electrons. The van der Waals surface area contributed by atoms with Crippen LogP contribution in [0.5, 0.6) is 0 Å². The normalized spacial score (nSPS) is 11.1. The molecule has 0 unspecified atom stereocenters. The molecule has 2 nitrogen and oxygen atoms in total. The molecule has 0 aromatic heterocycles. The molecule has 0 heterocycles.